The molecule has 0 aromatic heterocycles. The van der Waals surface area contributed by atoms with Crippen LogP contribution in [0.15, 0.2) is 0 Å². The van der Waals surface area contributed by atoms with Gasteiger partial charge in [-0.05, 0) is 67.3 Å². The van der Waals surface area contributed by atoms with E-state index >= 15 is 0 Å². The first kappa shape index (κ1) is 16.1. The van der Waals surface area contributed by atoms with Crippen LogP contribution in [0.3, 0.4) is 0 Å². The summed E-state index contributed by atoms with van der Waals surface area (Å²) in [5.41, 5.74) is 3.85. The summed E-state index contributed by atoms with van der Waals surface area (Å²) in [7, 11) is 0. The van der Waals surface area contributed by atoms with Crippen molar-refractivity contribution >= 4 is 12.1 Å². The molecule has 0 bridgehead atoms. The summed E-state index contributed by atoms with van der Waals surface area (Å²) in [6.45, 7) is 10.3. The molecule has 3 N–H and O–H groups in total. The maximum Gasteiger partial charge on any atom is 0.408 e. The quantitative estimate of drug-likeness (QED) is 0.735. The molecule has 1 atom stereocenters. The third-order valence-electron chi connectivity index (χ3n) is 2.03. The zero-order valence-corrected chi connectivity index (χ0v) is 13.9. The lowest BCUT2D eigenvalue weighted by Gasteiger charge is -2.26. The molecule has 0 saturated heterocycles. The fraction of sp³-hybridized carbons (Fsp3) is 0.867. The van der Waals surface area contributed by atoms with Gasteiger partial charge in [-0.15, -0.1) is 0 Å². The Bertz CT molecular complexity index is 415. The smallest absolute Gasteiger partial charge is 0.408 e. The highest BCUT2D eigenvalue weighted by molar-refractivity contribution is 5.81. The average molecular weight is 304 g/mol. The molecule has 0 saturated carbocycles. The minimum Gasteiger partial charge on any atom is -0.458 e. The molecule has 0 spiro atoms. The molecule has 21 heavy (non-hydrogen) atoms. The third kappa shape index (κ3) is 11.1. The summed E-state index contributed by atoms with van der Waals surface area (Å²) in [5.74, 6) is -0.842. The fourth-order valence-electron chi connectivity index (χ4n) is 1.33. The zero-order valence-electron chi connectivity index (χ0n) is 15.9. The van der Waals surface area contributed by atoms with Gasteiger partial charge in [0.05, 0.1) is 0 Å². The van der Waals surface area contributed by atoms with E-state index in [0.29, 0.717) is 6.42 Å². The van der Waals surface area contributed by atoms with E-state index in [4.69, 9.17) is 17.9 Å². The standard InChI is InChI=1S/C15H30N2O4/c1-14(2,3)20-12(18)11(9-7-8-10-16)17-13(19)21-15(4,5)6/h11H,7-10,16H2,1-6H3,(H,17,19)/i9D2. The molecule has 0 aromatic carbocycles. The first-order chi connectivity index (χ1) is 10.2. The van der Waals surface area contributed by atoms with Crippen LogP contribution in [0.1, 0.15) is 63.5 Å². The molecule has 0 aliphatic rings. The molecule has 0 heterocycles. The lowest BCUT2D eigenvalue weighted by Crippen LogP contribution is -2.46. The van der Waals surface area contributed by atoms with Crippen LogP contribution in [0, 0.1) is 0 Å². The Hall–Kier alpha value is -1.30. The number of ether oxygens (including phenoxy) is 2. The van der Waals surface area contributed by atoms with Crippen LogP contribution in [0.5, 0.6) is 0 Å². The number of rotatable bonds is 6. The number of hydrogen-bond donors (Lipinski definition) is 2. The second-order valence-electron chi connectivity index (χ2n) is 6.71. The predicted molar refractivity (Wildman–Crippen MR) is 81.9 cm³/mol. The molecule has 124 valence electrons. The molecule has 6 nitrogen and oxygen atoms in total. The van der Waals surface area contributed by atoms with E-state index in [1.165, 1.54) is 0 Å². The number of amides is 1. The summed E-state index contributed by atoms with van der Waals surface area (Å²) in [4.78, 5) is 24.2. The van der Waals surface area contributed by atoms with Crippen LogP contribution in [0.25, 0.3) is 0 Å². The highest BCUT2D eigenvalue weighted by Gasteiger charge is 2.28. The summed E-state index contributed by atoms with van der Waals surface area (Å²) >= 11 is 0. The van der Waals surface area contributed by atoms with Crippen LogP contribution in [-0.4, -0.2) is 35.9 Å². The lowest BCUT2D eigenvalue weighted by atomic mass is 10.1. The Balaban J connectivity index is 5.22. The van der Waals surface area contributed by atoms with Gasteiger partial charge < -0.3 is 20.5 Å². The molecule has 1 unspecified atom stereocenters. The zero-order chi connectivity index (χ0) is 18.5. The minimum atomic E-state index is -2.00. The van der Waals surface area contributed by atoms with Gasteiger partial charge in [0.2, 0.25) is 0 Å². The number of carbonyl (C=O) groups is 2. The van der Waals surface area contributed by atoms with Crippen molar-refractivity contribution in [2.75, 3.05) is 6.54 Å². The Kier molecular flexibility index (Phi) is 6.29. The fourth-order valence-corrected chi connectivity index (χ4v) is 1.33. The highest BCUT2D eigenvalue weighted by Crippen LogP contribution is 2.13. The average Bonchev–Trinajstić information content (AvgIpc) is 2.28. The second kappa shape index (κ2) is 8.22. The van der Waals surface area contributed by atoms with Gasteiger partial charge in [-0.1, -0.05) is 0 Å². The summed E-state index contributed by atoms with van der Waals surface area (Å²) in [6.07, 6.45) is -2.48. The summed E-state index contributed by atoms with van der Waals surface area (Å²) in [5, 5.41) is 2.29. The van der Waals surface area contributed by atoms with Crippen LogP contribution in [0.2, 0.25) is 0 Å². The molecule has 6 heteroatoms. The van der Waals surface area contributed by atoms with Crippen molar-refractivity contribution < 1.29 is 21.8 Å². The Morgan fingerprint density at radius 2 is 1.62 bits per heavy atom. The normalized spacial score (nSPS) is 15.6. The van der Waals surface area contributed by atoms with Crippen molar-refractivity contribution in [1.82, 2.24) is 5.32 Å². The minimum absolute atomic E-state index is 0.0171. The van der Waals surface area contributed by atoms with E-state index in [2.05, 4.69) is 5.32 Å². The van der Waals surface area contributed by atoms with Crippen molar-refractivity contribution in [3.8, 4) is 0 Å². The first-order valence-electron chi connectivity index (χ1n) is 8.10. The number of esters is 1. The Morgan fingerprint density at radius 3 is 2.05 bits per heavy atom. The van der Waals surface area contributed by atoms with Gasteiger partial charge in [0.1, 0.15) is 17.2 Å². The predicted octanol–water partition coefficient (Wildman–Crippen LogP) is 2.35. The van der Waals surface area contributed by atoms with E-state index in [1.54, 1.807) is 41.5 Å². The Labute approximate surface area is 130 Å². The third-order valence-corrected chi connectivity index (χ3v) is 2.03. The molecule has 0 aliphatic carbocycles. The van der Waals surface area contributed by atoms with Gasteiger partial charge in [0, 0.05) is 2.74 Å². The molecule has 0 rings (SSSR count). The molecule has 1 amide bonds. The molecule has 0 radical (unpaired) electrons. The van der Waals surface area contributed by atoms with Gasteiger partial charge in [0.15, 0.2) is 0 Å². The molecule has 0 aliphatic heterocycles. The maximum absolute atomic E-state index is 12.3. The number of hydrogen-bond acceptors (Lipinski definition) is 5. The van der Waals surface area contributed by atoms with Crippen molar-refractivity contribution in [3.63, 3.8) is 0 Å². The van der Waals surface area contributed by atoms with E-state index in [0.717, 1.165) is 0 Å². The summed E-state index contributed by atoms with van der Waals surface area (Å²) in [6, 6.07) is -1.47. The lowest BCUT2D eigenvalue weighted by molar-refractivity contribution is -0.157. The largest absolute Gasteiger partial charge is 0.458 e. The molecular weight excluding hydrogens is 272 g/mol. The van der Waals surface area contributed by atoms with Crippen molar-refractivity contribution in [1.29, 1.82) is 0 Å². The molecule has 0 fully saturated rings. The number of nitrogens with two attached hydrogens (primary N) is 1. The number of nitrogens with one attached hydrogen (secondary N) is 1. The first-order valence-corrected chi connectivity index (χ1v) is 7.10. The van der Waals surface area contributed by atoms with Gasteiger partial charge in [-0.2, -0.15) is 0 Å². The monoisotopic (exact) mass is 304 g/mol. The molecular formula is C15H30N2O4. The van der Waals surface area contributed by atoms with Crippen molar-refractivity contribution in [3.05, 3.63) is 0 Å². The Morgan fingerprint density at radius 1 is 1.10 bits per heavy atom. The maximum atomic E-state index is 12.3. The molecule has 0 aromatic rings. The van der Waals surface area contributed by atoms with Crippen LogP contribution in [-0.2, 0) is 14.3 Å². The van der Waals surface area contributed by atoms with E-state index in [1.807, 2.05) is 0 Å². The summed E-state index contributed by atoms with van der Waals surface area (Å²) < 4.78 is 26.5. The van der Waals surface area contributed by atoms with Crippen LogP contribution < -0.4 is 11.1 Å². The van der Waals surface area contributed by atoms with E-state index in [-0.39, 0.29) is 13.0 Å². The van der Waals surface area contributed by atoms with Crippen LogP contribution in [0.4, 0.5) is 4.79 Å². The number of alkyl carbamates (subject to hydrolysis) is 1. The second-order valence-corrected chi connectivity index (χ2v) is 6.71. The van der Waals surface area contributed by atoms with Crippen molar-refractivity contribution in [2.45, 2.75) is 78.0 Å². The van der Waals surface area contributed by atoms with Gasteiger partial charge in [-0.25, -0.2) is 9.59 Å². The SMILES string of the molecule is [2H]C([2H])(CCCN)C(NC(=O)OC(C)(C)C)C(=O)OC(C)(C)C. The van der Waals surface area contributed by atoms with Gasteiger partial charge in [0.25, 0.3) is 0 Å². The van der Waals surface area contributed by atoms with Gasteiger partial charge >= 0.3 is 12.1 Å². The van der Waals surface area contributed by atoms with Crippen LogP contribution >= 0.6 is 0 Å². The van der Waals surface area contributed by atoms with Gasteiger partial charge in [-0.3, -0.25) is 0 Å². The van der Waals surface area contributed by atoms with E-state index < -0.39 is 35.7 Å². The number of carbonyl (C=O) groups excluding carboxylic acids is 2. The topological polar surface area (TPSA) is 90.6 Å². The van der Waals surface area contributed by atoms with E-state index in [9.17, 15) is 9.59 Å². The highest BCUT2D eigenvalue weighted by atomic mass is 16.6. The van der Waals surface area contributed by atoms with Crippen molar-refractivity contribution in [2.24, 2.45) is 5.73 Å².